The lowest BCUT2D eigenvalue weighted by Gasteiger charge is -2.28. The van der Waals surface area contributed by atoms with E-state index in [0.29, 0.717) is 5.69 Å². The van der Waals surface area contributed by atoms with Gasteiger partial charge in [-0.15, -0.1) is 0 Å². The molecule has 0 unspecified atom stereocenters. The van der Waals surface area contributed by atoms with E-state index < -0.39 is 17.8 Å². The van der Waals surface area contributed by atoms with E-state index in [0.717, 1.165) is 18.8 Å². The number of hydrogen-bond acceptors (Lipinski definition) is 5. The van der Waals surface area contributed by atoms with E-state index >= 15 is 0 Å². The van der Waals surface area contributed by atoms with E-state index in [9.17, 15) is 14.4 Å². The fraction of sp³-hybridized carbons (Fsp3) is 0.318. The number of amides is 2. The second-order valence-electron chi connectivity index (χ2n) is 6.77. The van der Waals surface area contributed by atoms with Crippen LogP contribution in [-0.4, -0.2) is 37.5 Å². The maximum Gasteiger partial charge on any atom is 0.340 e. The molecule has 0 saturated carbocycles. The van der Waals surface area contributed by atoms with Crippen molar-refractivity contribution in [1.82, 2.24) is 0 Å². The Morgan fingerprint density at radius 2 is 1.55 bits per heavy atom. The van der Waals surface area contributed by atoms with E-state index in [1.165, 1.54) is 25.3 Å². The Balaban J connectivity index is 1.61. The molecule has 0 radical (unpaired) electrons. The van der Waals surface area contributed by atoms with Crippen LogP contribution in [0.3, 0.4) is 0 Å². The van der Waals surface area contributed by atoms with E-state index in [4.69, 9.17) is 4.74 Å². The van der Waals surface area contributed by atoms with Gasteiger partial charge in [-0.3, -0.25) is 9.59 Å². The molecule has 2 aromatic rings. The number of nitrogens with one attached hydrogen (secondary N) is 2. The first-order chi connectivity index (χ1) is 14.1. The second kappa shape index (κ2) is 9.73. The number of carbonyl (C=O) groups is 3. The third kappa shape index (κ3) is 5.34. The summed E-state index contributed by atoms with van der Waals surface area (Å²) < 4.78 is 4.97. The Morgan fingerprint density at radius 3 is 2.24 bits per heavy atom. The molecule has 7 nitrogen and oxygen atoms in total. The number of benzene rings is 2. The minimum absolute atomic E-state index is 0.196. The van der Waals surface area contributed by atoms with Crippen LogP contribution in [0.5, 0.6) is 0 Å². The molecule has 3 rings (SSSR count). The number of para-hydroxylation sites is 1. The van der Waals surface area contributed by atoms with Crippen LogP contribution in [0.2, 0.25) is 0 Å². The topological polar surface area (TPSA) is 87.7 Å². The largest absolute Gasteiger partial charge is 0.462 e. The first kappa shape index (κ1) is 20.4. The SMILES string of the molecule is CCOC(=O)c1ccccc1NC(=O)C(=O)Nc1ccc(N2CCCCC2)cc1. The number of ether oxygens (including phenoxy) is 1. The lowest BCUT2D eigenvalue weighted by atomic mass is 10.1. The number of anilines is 3. The van der Waals surface area contributed by atoms with Crippen molar-refractivity contribution in [2.75, 3.05) is 35.2 Å². The van der Waals surface area contributed by atoms with Gasteiger partial charge in [-0.2, -0.15) is 0 Å². The average molecular weight is 395 g/mol. The molecule has 7 heteroatoms. The van der Waals surface area contributed by atoms with Crippen molar-refractivity contribution in [2.24, 2.45) is 0 Å². The summed E-state index contributed by atoms with van der Waals surface area (Å²) in [6.45, 7) is 3.99. The van der Waals surface area contributed by atoms with Crippen molar-refractivity contribution in [3.8, 4) is 0 Å². The van der Waals surface area contributed by atoms with Crippen molar-refractivity contribution in [2.45, 2.75) is 26.2 Å². The highest BCUT2D eigenvalue weighted by molar-refractivity contribution is 6.44. The van der Waals surface area contributed by atoms with Gasteiger partial charge in [0.15, 0.2) is 0 Å². The molecule has 1 saturated heterocycles. The molecule has 2 amide bonds. The smallest absolute Gasteiger partial charge is 0.340 e. The van der Waals surface area contributed by atoms with Gasteiger partial charge < -0.3 is 20.3 Å². The maximum atomic E-state index is 12.3. The van der Waals surface area contributed by atoms with Crippen LogP contribution in [0, 0.1) is 0 Å². The standard InChI is InChI=1S/C22H25N3O4/c1-2-29-22(28)18-8-4-5-9-19(18)24-21(27)20(26)23-16-10-12-17(13-11-16)25-14-6-3-7-15-25/h4-5,8-13H,2-3,6-7,14-15H2,1H3,(H,23,26)(H,24,27). The van der Waals surface area contributed by atoms with E-state index in [1.54, 1.807) is 37.3 Å². The van der Waals surface area contributed by atoms with Gasteiger partial charge in [0, 0.05) is 24.5 Å². The third-order valence-electron chi connectivity index (χ3n) is 4.72. The van der Waals surface area contributed by atoms with Gasteiger partial charge in [-0.1, -0.05) is 12.1 Å². The third-order valence-corrected chi connectivity index (χ3v) is 4.72. The molecule has 29 heavy (non-hydrogen) atoms. The van der Waals surface area contributed by atoms with E-state index in [-0.39, 0.29) is 17.9 Å². The number of nitrogens with zero attached hydrogens (tertiary/aromatic N) is 1. The summed E-state index contributed by atoms with van der Waals surface area (Å²) in [5, 5.41) is 5.05. The molecule has 0 aliphatic carbocycles. The molecule has 1 aliphatic rings. The zero-order chi connectivity index (χ0) is 20.6. The molecule has 1 heterocycles. The number of rotatable bonds is 5. The van der Waals surface area contributed by atoms with Gasteiger partial charge in [0.25, 0.3) is 0 Å². The van der Waals surface area contributed by atoms with Crippen molar-refractivity contribution >= 4 is 34.8 Å². The summed E-state index contributed by atoms with van der Waals surface area (Å²) in [7, 11) is 0. The summed E-state index contributed by atoms with van der Waals surface area (Å²) in [5.41, 5.74) is 2.06. The quantitative estimate of drug-likeness (QED) is 0.598. The zero-order valence-corrected chi connectivity index (χ0v) is 16.4. The molecule has 1 aliphatic heterocycles. The number of carbonyl (C=O) groups excluding carboxylic acids is 3. The molecular weight excluding hydrogens is 370 g/mol. The van der Waals surface area contributed by atoms with Crippen LogP contribution >= 0.6 is 0 Å². The second-order valence-corrected chi connectivity index (χ2v) is 6.77. The summed E-state index contributed by atoms with van der Waals surface area (Å²) >= 11 is 0. The first-order valence-electron chi connectivity index (χ1n) is 9.82. The van der Waals surface area contributed by atoms with Crippen LogP contribution in [0.25, 0.3) is 0 Å². The van der Waals surface area contributed by atoms with Gasteiger partial charge in [-0.05, 0) is 62.6 Å². The Hall–Kier alpha value is -3.35. The molecule has 0 atom stereocenters. The lowest BCUT2D eigenvalue weighted by Crippen LogP contribution is -2.30. The summed E-state index contributed by atoms with van der Waals surface area (Å²) in [5.74, 6) is -2.23. The van der Waals surface area contributed by atoms with Crippen molar-refractivity contribution in [3.63, 3.8) is 0 Å². The van der Waals surface area contributed by atoms with Crippen molar-refractivity contribution in [3.05, 3.63) is 54.1 Å². The van der Waals surface area contributed by atoms with E-state index in [1.807, 2.05) is 12.1 Å². The van der Waals surface area contributed by atoms with Crippen molar-refractivity contribution < 1.29 is 19.1 Å². The van der Waals surface area contributed by atoms with Crippen LogP contribution in [-0.2, 0) is 14.3 Å². The molecule has 0 bridgehead atoms. The number of hydrogen-bond donors (Lipinski definition) is 2. The van der Waals surface area contributed by atoms with Crippen molar-refractivity contribution in [1.29, 1.82) is 0 Å². The van der Waals surface area contributed by atoms with Crippen LogP contribution < -0.4 is 15.5 Å². The molecule has 1 fully saturated rings. The van der Waals surface area contributed by atoms with Gasteiger partial charge in [-0.25, -0.2) is 4.79 Å². The molecule has 152 valence electrons. The minimum atomic E-state index is -0.859. The summed E-state index contributed by atoms with van der Waals surface area (Å²) in [6.07, 6.45) is 3.64. The predicted octanol–water partition coefficient (Wildman–Crippen LogP) is 3.43. The fourth-order valence-electron chi connectivity index (χ4n) is 3.25. The highest BCUT2D eigenvalue weighted by Crippen LogP contribution is 2.22. The molecule has 2 aromatic carbocycles. The number of piperidine rings is 1. The Kier molecular flexibility index (Phi) is 6.84. The lowest BCUT2D eigenvalue weighted by molar-refractivity contribution is -0.133. The van der Waals surface area contributed by atoms with Crippen LogP contribution in [0.1, 0.15) is 36.5 Å². The van der Waals surface area contributed by atoms with Gasteiger partial charge >= 0.3 is 17.8 Å². The average Bonchev–Trinajstić information content (AvgIpc) is 2.75. The Morgan fingerprint density at radius 1 is 0.897 bits per heavy atom. The maximum absolute atomic E-state index is 12.3. The Labute approximate surface area is 170 Å². The molecular formula is C22H25N3O4. The number of esters is 1. The monoisotopic (exact) mass is 395 g/mol. The first-order valence-corrected chi connectivity index (χ1v) is 9.82. The van der Waals surface area contributed by atoms with E-state index in [2.05, 4.69) is 15.5 Å². The molecule has 0 aromatic heterocycles. The van der Waals surface area contributed by atoms with Crippen LogP contribution in [0.4, 0.5) is 17.1 Å². The van der Waals surface area contributed by atoms with Gasteiger partial charge in [0.1, 0.15) is 0 Å². The van der Waals surface area contributed by atoms with Crippen LogP contribution in [0.15, 0.2) is 48.5 Å². The van der Waals surface area contributed by atoms with Gasteiger partial charge in [0.2, 0.25) is 0 Å². The minimum Gasteiger partial charge on any atom is -0.462 e. The highest BCUT2D eigenvalue weighted by atomic mass is 16.5. The summed E-state index contributed by atoms with van der Waals surface area (Å²) in [4.78, 5) is 38.8. The Bertz CT molecular complexity index is 874. The zero-order valence-electron chi connectivity index (χ0n) is 16.4. The fourth-order valence-corrected chi connectivity index (χ4v) is 3.25. The molecule has 2 N–H and O–H groups in total. The predicted molar refractivity (Wildman–Crippen MR) is 112 cm³/mol. The highest BCUT2D eigenvalue weighted by Gasteiger charge is 2.19. The molecule has 0 spiro atoms. The normalized spacial score (nSPS) is 13.5. The van der Waals surface area contributed by atoms with Gasteiger partial charge in [0.05, 0.1) is 17.9 Å². The summed E-state index contributed by atoms with van der Waals surface area (Å²) in [6, 6.07) is 13.8.